The molecule has 1 aromatic heterocycles. The summed E-state index contributed by atoms with van der Waals surface area (Å²) < 4.78 is 37.7. The Balaban J connectivity index is 1.81. The second-order valence-corrected chi connectivity index (χ2v) is 5.97. The van der Waals surface area contributed by atoms with Crippen molar-refractivity contribution in [3.05, 3.63) is 23.9 Å². The monoisotopic (exact) mass is 298 g/mol. The van der Waals surface area contributed by atoms with Gasteiger partial charge in [0.05, 0.1) is 5.56 Å². The molecule has 0 aliphatic carbocycles. The molecule has 0 spiro atoms. The van der Waals surface area contributed by atoms with Gasteiger partial charge in [0.15, 0.2) is 0 Å². The maximum Gasteiger partial charge on any atom is 0.417 e. The lowest BCUT2D eigenvalue weighted by Gasteiger charge is -2.39. The van der Waals surface area contributed by atoms with Crippen molar-refractivity contribution in [2.24, 2.45) is 5.92 Å². The summed E-state index contributed by atoms with van der Waals surface area (Å²) in [6.45, 7) is 1.62. The third-order valence-corrected chi connectivity index (χ3v) is 4.65. The first-order chi connectivity index (χ1) is 9.86. The van der Waals surface area contributed by atoms with E-state index >= 15 is 0 Å². The van der Waals surface area contributed by atoms with E-state index in [1.807, 2.05) is 0 Å². The van der Waals surface area contributed by atoms with Crippen LogP contribution in [0.25, 0.3) is 0 Å². The fourth-order valence-electron chi connectivity index (χ4n) is 3.59. The molecule has 2 unspecified atom stereocenters. The van der Waals surface area contributed by atoms with Crippen molar-refractivity contribution in [3.63, 3.8) is 0 Å². The highest BCUT2D eigenvalue weighted by Crippen LogP contribution is 2.41. The van der Waals surface area contributed by atoms with Crippen molar-refractivity contribution in [2.75, 3.05) is 4.90 Å². The summed E-state index contributed by atoms with van der Waals surface area (Å²) in [5, 5.41) is 0. The predicted molar refractivity (Wildman–Crippen MR) is 71.9 cm³/mol. The van der Waals surface area contributed by atoms with Crippen LogP contribution in [0, 0.1) is 5.92 Å². The molecule has 3 rings (SSSR count). The minimum Gasteiger partial charge on any atom is -0.351 e. The van der Waals surface area contributed by atoms with Crippen molar-refractivity contribution in [1.82, 2.24) is 4.98 Å². The number of hydrogen-bond acceptors (Lipinski definition) is 3. The number of nitrogens with zero attached hydrogens (tertiary/aromatic N) is 2. The molecular weight excluding hydrogens is 281 g/mol. The zero-order valence-electron chi connectivity index (χ0n) is 11.7. The van der Waals surface area contributed by atoms with Crippen LogP contribution >= 0.6 is 0 Å². The van der Waals surface area contributed by atoms with Crippen molar-refractivity contribution >= 4 is 11.6 Å². The van der Waals surface area contributed by atoms with Crippen molar-refractivity contribution in [3.8, 4) is 0 Å². The van der Waals surface area contributed by atoms with Gasteiger partial charge in [-0.3, -0.25) is 4.79 Å². The smallest absolute Gasteiger partial charge is 0.351 e. The predicted octanol–water partition coefficient (Wildman–Crippen LogP) is 3.44. The quantitative estimate of drug-likeness (QED) is 0.838. The van der Waals surface area contributed by atoms with Gasteiger partial charge in [-0.05, 0) is 44.7 Å². The van der Waals surface area contributed by atoms with E-state index in [4.69, 9.17) is 0 Å². The van der Waals surface area contributed by atoms with Gasteiger partial charge in [-0.25, -0.2) is 4.98 Å². The van der Waals surface area contributed by atoms with Gasteiger partial charge in [0.2, 0.25) is 0 Å². The highest BCUT2D eigenvalue weighted by atomic mass is 19.4. The molecule has 0 saturated carbocycles. The van der Waals surface area contributed by atoms with Crippen LogP contribution < -0.4 is 4.90 Å². The molecule has 3 nitrogen and oxygen atoms in total. The molecule has 2 aliphatic heterocycles. The van der Waals surface area contributed by atoms with Crippen molar-refractivity contribution in [1.29, 1.82) is 0 Å². The number of halogens is 3. The van der Waals surface area contributed by atoms with E-state index in [1.54, 1.807) is 6.92 Å². The molecule has 21 heavy (non-hydrogen) atoms. The number of hydrogen-bond donors (Lipinski definition) is 0. The molecular formula is C15H17F3N2O. The Labute approximate surface area is 121 Å². The first kappa shape index (κ1) is 14.4. The number of Topliss-reactive ketones (excluding diaryl/α,β-unsaturated/α-hetero) is 1. The second kappa shape index (κ2) is 5.00. The van der Waals surface area contributed by atoms with Crippen LogP contribution in [0.5, 0.6) is 0 Å². The molecule has 6 heteroatoms. The Hall–Kier alpha value is -1.59. The lowest BCUT2D eigenvalue weighted by atomic mass is 9.88. The van der Waals surface area contributed by atoms with E-state index in [0.717, 1.165) is 37.9 Å². The van der Waals surface area contributed by atoms with E-state index in [-0.39, 0.29) is 23.8 Å². The van der Waals surface area contributed by atoms with Crippen molar-refractivity contribution < 1.29 is 18.0 Å². The number of anilines is 1. The van der Waals surface area contributed by atoms with Crippen LogP contribution in [0.3, 0.4) is 0 Å². The van der Waals surface area contributed by atoms with E-state index < -0.39 is 11.7 Å². The highest BCUT2D eigenvalue weighted by molar-refractivity contribution is 5.79. The van der Waals surface area contributed by atoms with Crippen LogP contribution in [0.1, 0.15) is 38.2 Å². The van der Waals surface area contributed by atoms with E-state index in [9.17, 15) is 18.0 Å². The molecule has 0 N–H and O–H groups in total. The molecule has 0 amide bonds. The number of pyridine rings is 1. The normalized spacial score (nSPS) is 28.8. The largest absolute Gasteiger partial charge is 0.417 e. The molecule has 0 aromatic carbocycles. The van der Waals surface area contributed by atoms with Crippen molar-refractivity contribution in [2.45, 2.75) is 50.9 Å². The summed E-state index contributed by atoms with van der Waals surface area (Å²) >= 11 is 0. The maximum absolute atomic E-state index is 12.6. The number of carbonyl (C=O) groups excluding carboxylic acids is 1. The zero-order chi connectivity index (χ0) is 15.2. The SMILES string of the molecule is CC(=O)C1CC2CCC(C1)N2c1ccc(C(F)(F)F)cn1. The number of ketones is 1. The standard InChI is InChI=1S/C15H17F3N2O/c1-9(21)10-6-12-3-4-13(7-10)20(12)14-5-2-11(8-19-14)15(16,17)18/h2,5,8,10,12-13H,3-4,6-7H2,1H3. The maximum atomic E-state index is 12.6. The van der Waals surface area contributed by atoms with Gasteiger partial charge in [0, 0.05) is 24.2 Å². The Morgan fingerprint density at radius 2 is 1.86 bits per heavy atom. The second-order valence-electron chi connectivity index (χ2n) is 5.97. The van der Waals surface area contributed by atoms with Crippen LogP contribution in [0.2, 0.25) is 0 Å². The van der Waals surface area contributed by atoms with Gasteiger partial charge in [-0.2, -0.15) is 13.2 Å². The van der Waals surface area contributed by atoms with E-state index in [0.29, 0.717) is 5.82 Å². The lowest BCUT2D eigenvalue weighted by Crippen LogP contribution is -2.44. The number of piperidine rings is 1. The Bertz CT molecular complexity index is 527. The molecule has 2 bridgehead atoms. The van der Waals surface area contributed by atoms with E-state index in [1.165, 1.54) is 6.07 Å². The number of rotatable bonds is 2. The summed E-state index contributed by atoms with van der Waals surface area (Å²) in [5.74, 6) is 0.901. The number of carbonyl (C=O) groups is 1. The minimum atomic E-state index is -4.36. The molecule has 2 saturated heterocycles. The Kier molecular flexibility index (Phi) is 3.42. The number of alkyl halides is 3. The summed E-state index contributed by atoms with van der Waals surface area (Å²) in [4.78, 5) is 17.7. The first-order valence-electron chi connectivity index (χ1n) is 7.18. The average Bonchev–Trinajstić information content (AvgIpc) is 2.68. The fourth-order valence-corrected chi connectivity index (χ4v) is 3.59. The zero-order valence-corrected chi connectivity index (χ0v) is 11.7. The summed E-state index contributed by atoms with van der Waals surface area (Å²) in [6, 6.07) is 2.98. The summed E-state index contributed by atoms with van der Waals surface area (Å²) in [6.07, 6.45) is 0.0787. The molecule has 0 radical (unpaired) electrons. The van der Waals surface area contributed by atoms with Crippen LogP contribution in [-0.4, -0.2) is 22.9 Å². The van der Waals surface area contributed by atoms with E-state index in [2.05, 4.69) is 9.88 Å². The number of fused-ring (bicyclic) bond motifs is 2. The minimum absolute atomic E-state index is 0.0909. The van der Waals surface area contributed by atoms with Gasteiger partial charge < -0.3 is 4.90 Å². The first-order valence-corrected chi connectivity index (χ1v) is 7.18. The highest BCUT2D eigenvalue weighted by Gasteiger charge is 2.42. The Morgan fingerprint density at radius 1 is 1.24 bits per heavy atom. The van der Waals surface area contributed by atoms with Gasteiger partial charge in [-0.1, -0.05) is 0 Å². The van der Waals surface area contributed by atoms with Crippen LogP contribution in [0.15, 0.2) is 18.3 Å². The van der Waals surface area contributed by atoms with Gasteiger partial charge in [0.1, 0.15) is 11.6 Å². The third-order valence-electron chi connectivity index (χ3n) is 4.65. The summed E-state index contributed by atoms with van der Waals surface area (Å²) in [5.41, 5.74) is -0.725. The number of aromatic nitrogens is 1. The summed E-state index contributed by atoms with van der Waals surface area (Å²) in [7, 11) is 0. The topological polar surface area (TPSA) is 33.2 Å². The molecule has 3 heterocycles. The van der Waals surface area contributed by atoms with Crippen LogP contribution in [0.4, 0.5) is 19.0 Å². The van der Waals surface area contributed by atoms with Gasteiger partial charge in [0.25, 0.3) is 0 Å². The molecule has 1 aromatic rings. The third kappa shape index (κ3) is 2.63. The van der Waals surface area contributed by atoms with Crippen LogP contribution in [-0.2, 0) is 11.0 Å². The fraction of sp³-hybridized carbons (Fsp3) is 0.600. The average molecular weight is 298 g/mol. The molecule has 114 valence electrons. The molecule has 2 atom stereocenters. The van der Waals surface area contributed by atoms with Gasteiger partial charge >= 0.3 is 6.18 Å². The van der Waals surface area contributed by atoms with Gasteiger partial charge in [-0.15, -0.1) is 0 Å². The lowest BCUT2D eigenvalue weighted by molar-refractivity contribution is -0.137. The molecule has 2 aliphatic rings. The molecule has 2 fully saturated rings. The Morgan fingerprint density at radius 3 is 2.29 bits per heavy atom.